The third-order valence-corrected chi connectivity index (χ3v) is 5.38. The number of amides is 1. The first kappa shape index (κ1) is 25.5. The van der Waals surface area contributed by atoms with Gasteiger partial charge in [0.05, 0.1) is 14.2 Å². The predicted molar refractivity (Wildman–Crippen MR) is 134 cm³/mol. The van der Waals surface area contributed by atoms with E-state index in [-0.39, 0.29) is 18.2 Å². The number of benzene rings is 3. The highest BCUT2D eigenvalue weighted by Crippen LogP contribution is 2.36. The van der Waals surface area contributed by atoms with E-state index in [9.17, 15) is 4.79 Å². The highest BCUT2D eigenvalue weighted by atomic mass is 35.5. The zero-order valence-electron chi connectivity index (χ0n) is 18.9. The average molecular weight is 469 g/mol. The second-order valence-corrected chi connectivity index (χ2v) is 7.43. The summed E-state index contributed by atoms with van der Waals surface area (Å²) in [7, 11) is 3.15. The maximum absolute atomic E-state index is 12.8. The number of hydrogen-bond donors (Lipinski definition) is 3. The molecule has 0 aliphatic carbocycles. The van der Waals surface area contributed by atoms with E-state index in [0.29, 0.717) is 29.2 Å². The molecule has 3 aromatic carbocycles. The number of rotatable bonds is 9. The SMILES string of the molecule is COc1cc(C(C(N)=O)N(Cc2ccccc2)c2ccc(C(=N)N)cc2)cc(OC)c1C.Cl. The van der Waals surface area contributed by atoms with Gasteiger partial charge in [0.2, 0.25) is 5.91 Å². The maximum atomic E-state index is 12.8. The van der Waals surface area contributed by atoms with Crippen LogP contribution in [0.3, 0.4) is 0 Å². The number of nitrogens with zero attached hydrogens (tertiary/aromatic N) is 1. The second kappa shape index (κ2) is 11.2. The van der Waals surface area contributed by atoms with Gasteiger partial charge < -0.3 is 25.8 Å². The van der Waals surface area contributed by atoms with Crippen LogP contribution >= 0.6 is 12.4 Å². The summed E-state index contributed by atoms with van der Waals surface area (Å²) in [6.07, 6.45) is 0. The topological polar surface area (TPSA) is 115 Å². The normalized spacial score (nSPS) is 11.1. The van der Waals surface area contributed by atoms with Crippen molar-refractivity contribution in [2.45, 2.75) is 19.5 Å². The van der Waals surface area contributed by atoms with Crippen LogP contribution in [0.5, 0.6) is 11.5 Å². The van der Waals surface area contributed by atoms with Crippen molar-refractivity contribution in [3.8, 4) is 11.5 Å². The summed E-state index contributed by atoms with van der Waals surface area (Å²) in [5.41, 5.74) is 15.4. The summed E-state index contributed by atoms with van der Waals surface area (Å²) in [4.78, 5) is 14.7. The van der Waals surface area contributed by atoms with Gasteiger partial charge in [-0.1, -0.05) is 30.3 Å². The lowest BCUT2D eigenvalue weighted by molar-refractivity contribution is -0.119. The molecule has 33 heavy (non-hydrogen) atoms. The Bertz CT molecular complexity index is 1080. The van der Waals surface area contributed by atoms with E-state index in [0.717, 1.165) is 16.8 Å². The smallest absolute Gasteiger partial charge is 0.244 e. The van der Waals surface area contributed by atoms with E-state index in [2.05, 4.69) is 0 Å². The molecule has 0 saturated carbocycles. The number of halogens is 1. The minimum atomic E-state index is -0.790. The van der Waals surface area contributed by atoms with E-state index in [1.54, 1.807) is 26.4 Å². The highest BCUT2D eigenvalue weighted by molar-refractivity contribution is 5.95. The van der Waals surface area contributed by atoms with Crippen molar-refractivity contribution < 1.29 is 14.3 Å². The van der Waals surface area contributed by atoms with E-state index in [4.69, 9.17) is 26.4 Å². The summed E-state index contributed by atoms with van der Waals surface area (Å²) >= 11 is 0. The summed E-state index contributed by atoms with van der Waals surface area (Å²) in [5, 5.41) is 7.65. The molecule has 0 bridgehead atoms. The average Bonchev–Trinajstić information content (AvgIpc) is 2.80. The van der Waals surface area contributed by atoms with Crippen LogP contribution in [0.2, 0.25) is 0 Å². The molecule has 0 heterocycles. The molecule has 1 atom stereocenters. The Balaban J connectivity index is 0.00000385. The third-order valence-electron chi connectivity index (χ3n) is 5.38. The fraction of sp³-hybridized carbons (Fsp3) is 0.200. The van der Waals surface area contributed by atoms with Gasteiger partial charge in [0, 0.05) is 23.4 Å². The number of carbonyl (C=O) groups excluding carboxylic acids is 1. The molecule has 0 aliphatic rings. The van der Waals surface area contributed by atoms with Crippen LogP contribution in [-0.4, -0.2) is 26.0 Å². The van der Waals surface area contributed by atoms with Crippen molar-refractivity contribution in [2.75, 3.05) is 19.1 Å². The van der Waals surface area contributed by atoms with Gasteiger partial charge in [-0.3, -0.25) is 10.2 Å². The lowest BCUT2D eigenvalue weighted by Crippen LogP contribution is -2.37. The Kier molecular flexibility index (Phi) is 8.70. The standard InChI is InChI=1S/C25H28N4O3.ClH/c1-16-21(31-2)13-19(14-22(16)32-3)23(25(28)30)29(15-17-7-5-4-6-8-17)20-11-9-18(10-12-20)24(26)27;/h4-14,23H,15H2,1-3H3,(H3,26,27)(H2,28,30);1H. The van der Waals surface area contributed by atoms with Crippen LogP contribution < -0.4 is 25.8 Å². The molecule has 3 rings (SSSR count). The first-order valence-electron chi connectivity index (χ1n) is 10.1. The number of amidine groups is 1. The Labute approximate surface area is 200 Å². The van der Waals surface area contributed by atoms with E-state index in [1.807, 2.05) is 66.4 Å². The molecule has 0 saturated heterocycles. The number of nitrogens with two attached hydrogens (primary N) is 2. The van der Waals surface area contributed by atoms with Crippen LogP contribution in [-0.2, 0) is 11.3 Å². The minimum Gasteiger partial charge on any atom is -0.496 e. The number of nitrogens with one attached hydrogen (secondary N) is 1. The third kappa shape index (κ3) is 5.75. The molecule has 7 nitrogen and oxygen atoms in total. The van der Waals surface area contributed by atoms with Crippen molar-refractivity contribution in [1.82, 2.24) is 0 Å². The first-order chi connectivity index (χ1) is 15.3. The number of nitrogen functional groups attached to an aromatic ring is 1. The van der Waals surface area contributed by atoms with Gasteiger partial charge in [0.1, 0.15) is 23.4 Å². The van der Waals surface area contributed by atoms with E-state index in [1.165, 1.54) is 0 Å². The fourth-order valence-electron chi connectivity index (χ4n) is 3.71. The van der Waals surface area contributed by atoms with Gasteiger partial charge in [0.15, 0.2) is 0 Å². The summed E-state index contributed by atoms with van der Waals surface area (Å²) < 4.78 is 11.0. The Morgan fingerprint density at radius 2 is 1.52 bits per heavy atom. The van der Waals surface area contributed by atoms with E-state index < -0.39 is 11.9 Å². The van der Waals surface area contributed by atoms with Crippen molar-refractivity contribution in [1.29, 1.82) is 5.41 Å². The van der Waals surface area contributed by atoms with Gasteiger partial charge in [-0.05, 0) is 54.4 Å². The lowest BCUT2D eigenvalue weighted by atomic mass is 9.99. The second-order valence-electron chi connectivity index (χ2n) is 7.43. The molecule has 8 heteroatoms. The lowest BCUT2D eigenvalue weighted by Gasteiger charge is -2.33. The Hall–Kier alpha value is -3.71. The molecule has 3 aromatic rings. The Morgan fingerprint density at radius 1 is 0.970 bits per heavy atom. The van der Waals surface area contributed by atoms with Crippen LogP contribution in [0.4, 0.5) is 5.69 Å². The zero-order chi connectivity index (χ0) is 23.3. The van der Waals surface area contributed by atoms with Gasteiger partial charge in [-0.2, -0.15) is 0 Å². The fourth-order valence-corrected chi connectivity index (χ4v) is 3.71. The molecule has 1 amide bonds. The highest BCUT2D eigenvalue weighted by Gasteiger charge is 2.28. The number of anilines is 1. The monoisotopic (exact) mass is 468 g/mol. The summed E-state index contributed by atoms with van der Waals surface area (Å²) in [5.74, 6) is 0.685. The minimum absolute atomic E-state index is 0. The molecule has 0 aromatic heterocycles. The molecule has 0 radical (unpaired) electrons. The number of primary amides is 1. The number of methoxy groups -OCH3 is 2. The molecule has 5 N–H and O–H groups in total. The van der Waals surface area contributed by atoms with Gasteiger partial charge in [-0.15, -0.1) is 12.4 Å². The molecule has 0 spiro atoms. The molecule has 0 fully saturated rings. The molecular formula is C25H29ClN4O3. The quantitative estimate of drug-likeness (QED) is 0.325. The molecule has 0 aliphatic heterocycles. The Morgan fingerprint density at radius 3 is 1.97 bits per heavy atom. The number of hydrogen-bond acceptors (Lipinski definition) is 5. The van der Waals surface area contributed by atoms with Gasteiger partial charge in [-0.25, -0.2) is 0 Å². The summed E-state index contributed by atoms with van der Waals surface area (Å²) in [6.45, 7) is 2.33. The van der Waals surface area contributed by atoms with Crippen molar-refractivity contribution >= 4 is 29.8 Å². The number of ether oxygens (including phenoxy) is 2. The predicted octanol–water partition coefficient (Wildman–Crippen LogP) is 3.95. The summed E-state index contributed by atoms with van der Waals surface area (Å²) in [6, 6.07) is 19.8. The van der Waals surface area contributed by atoms with Gasteiger partial charge in [0.25, 0.3) is 0 Å². The van der Waals surface area contributed by atoms with Crippen molar-refractivity contribution in [2.24, 2.45) is 11.5 Å². The first-order valence-corrected chi connectivity index (χ1v) is 10.1. The maximum Gasteiger partial charge on any atom is 0.244 e. The van der Waals surface area contributed by atoms with E-state index >= 15 is 0 Å². The number of carbonyl (C=O) groups is 1. The largest absolute Gasteiger partial charge is 0.496 e. The van der Waals surface area contributed by atoms with Crippen LogP contribution in [0, 0.1) is 12.3 Å². The molecule has 174 valence electrons. The van der Waals surface area contributed by atoms with Crippen molar-refractivity contribution in [3.63, 3.8) is 0 Å². The van der Waals surface area contributed by atoms with Gasteiger partial charge >= 0.3 is 0 Å². The molecular weight excluding hydrogens is 440 g/mol. The van der Waals surface area contributed by atoms with Crippen LogP contribution in [0.15, 0.2) is 66.7 Å². The zero-order valence-corrected chi connectivity index (χ0v) is 19.7. The van der Waals surface area contributed by atoms with Crippen molar-refractivity contribution in [3.05, 3.63) is 89.0 Å². The van der Waals surface area contributed by atoms with Crippen LogP contribution in [0.25, 0.3) is 0 Å². The molecule has 1 unspecified atom stereocenters. The van der Waals surface area contributed by atoms with Crippen LogP contribution in [0.1, 0.15) is 28.3 Å².